The summed E-state index contributed by atoms with van der Waals surface area (Å²) >= 11 is 0. The topological polar surface area (TPSA) is 631 Å². The van der Waals surface area contributed by atoms with E-state index in [0.29, 0.717) is 162 Å². The highest BCUT2D eigenvalue weighted by atomic mass is 16.5. The average Bonchev–Trinajstić information content (AvgIpc) is 0.776. The number of aliphatic hydroxyl groups is 5. The third-order valence-corrected chi connectivity index (χ3v) is 17.8. The lowest BCUT2D eigenvalue weighted by Gasteiger charge is -2.22. The van der Waals surface area contributed by atoms with Crippen LogP contribution in [0.5, 0.6) is 0 Å². The molecule has 0 aliphatic carbocycles. The molecule has 0 bridgehead atoms. The third kappa shape index (κ3) is 84.6. The van der Waals surface area contributed by atoms with Crippen LogP contribution in [0.25, 0.3) is 0 Å². The van der Waals surface area contributed by atoms with Gasteiger partial charge < -0.3 is 114 Å². The quantitative estimate of drug-likeness (QED) is 0.0194. The fourth-order valence-corrected chi connectivity index (χ4v) is 9.84. The first-order valence-electron chi connectivity index (χ1n) is 45.5. The van der Waals surface area contributed by atoms with E-state index in [1.54, 1.807) is 13.8 Å². The molecule has 0 fully saturated rings. The van der Waals surface area contributed by atoms with E-state index in [-0.39, 0.29) is 108 Å². The van der Waals surface area contributed by atoms with Gasteiger partial charge in [0.05, 0.1) is 51.2 Å². The molecule has 13 amide bonds. The van der Waals surface area contributed by atoms with Gasteiger partial charge in [-0.1, -0.05) is 105 Å². The fraction of sp³-hybridized carbons (Fsp3) is 0.480. The molecule has 45 heteroatoms. The molecule has 0 aromatic carbocycles. The number of nitrogens with one attached hydrogen (secondary N) is 13. The monoisotopic (exact) mass is 2020 g/mol. The van der Waals surface area contributed by atoms with Crippen molar-refractivity contribution in [3.8, 4) is 0 Å². The van der Waals surface area contributed by atoms with Crippen molar-refractivity contribution in [1.82, 2.24) is 92.6 Å². The molecule has 143 heavy (non-hydrogen) atoms. The van der Waals surface area contributed by atoms with Gasteiger partial charge in [0.1, 0.15) is 6.10 Å². The van der Waals surface area contributed by atoms with Crippen molar-refractivity contribution in [1.29, 1.82) is 0 Å². The second-order valence-electron chi connectivity index (χ2n) is 30.3. The summed E-state index contributed by atoms with van der Waals surface area (Å²) in [5, 5.41) is 82.4. The molecule has 0 radical (unpaired) electrons. The highest BCUT2D eigenvalue weighted by Gasteiger charge is 2.24. The number of nitrogens with zero attached hydrogens (tertiary/aromatic N) is 5. The predicted octanol–water partition coefficient (Wildman–Crippen LogP) is -1.82. The molecule has 5 atom stereocenters. The van der Waals surface area contributed by atoms with Gasteiger partial charge in [0.25, 0.3) is 0 Å². The number of ketones is 3. The maximum atomic E-state index is 12.9. The van der Waals surface area contributed by atoms with Crippen LogP contribution >= 0.6 is 0 Å². The van der Waals surface area contributed by atoms with Crippen LogP contribution in [-0.4, -0.2) is 332 Å². The van der Waals surface area contributed by atoms with Gasteiger partial charge in [-0.15, -0.1) is 0 Å². The summed E-state index contributed by atoms with van der Waals surface area (Å²) in [5.41, 5.74) is -2.00. The van der Waals surface area contributed by atoms with Crippen molar-refractivity contribution >= 4 is 94.1 Å². The van der Waals surface area contributed by atoms with Crippen LogP contribution in [0, 0.1) is 0 Å². The minimum atomic E-state index is -1.49. The summed E-state index contributed by atoms with van der Waals surface area (Å²) < 4.78 is 17.5. The number of amides is 13. The van der Waals surface area contributed by atoms with Gasteiger partial charge in [-0.05, 0) is 183 Å². The third-order valence-electron chi connectivity index (χ3n) is 17.8. The van der Waals surface area contributed by atoms with E-state index in [1.165, 1.54) is 68.5 Å². The summed E-state index contributed by atoms with van der Waals surface area (Å²) in [6.45, 7) is 69.3. The number of rotatable bonds is 73. The number of carbonyl (C=O) groups excluding carboxylic acids is 16. The molecule has 1 rings (SSSR count). The molecule has 0 aliphatic heterocycles. The fourth-order valence-electron chi connectivity index (χ4n) is 9.84. The highest BCUT2D eigenvalue weighted by molar-refractivity contribution is 5.96. The van der Waals surface area contributed by atoms with Crippen LogP contribution in [0.2, 0.25) is 0 Å². The summed E-state index contributed by atoms with van der Waals surface area (Å²) in [5.74, 6) is -4.29. The van der Waals surface area contributed by atoms with Gasteiger partial charge in [-0.2, -0.15) is 0 Å². The van der Waals surface area contributed by atoms with E-state index in [0.717, 1.165) is 76.3 Å². The van der Waals surface area contributed by atoms with Crippen LogP contribution in [0.1, 0.15) is 98.3 Å². The van der Waals surface area contributed by atoms with Crippen molar-refractivity contribution in [2.24, 2.45) is 0 Å². The Kier molecular flexibility index (Phi) is 89.6. The molecule has 1 aromatic rings. The molecule has 18 N–H and O–H groups in total. The first-order chi connectivity index (χ1) is 67.7. The Morgan fingerprint density at radius 2 is 0.573 bits per heavy atom. The van der Waals surface area contributed by atoms with Gasteiger partial charge in [0, 0.05) is 155 Å². The molecule has 0 aliphatic rings. The average molecular weight is 2020 g/mol. The molecular weight excluding hydrogens is 1860 g/mol. The van der Waals surface area contributed by atoms with E-state index in [1.807, 2.05) is 11.9 Å². The number of aromatic nitrogens is 3. The van der Waals surface area contributed by atoms with Crippen LogP contribution in [-0.2, 0) is 111 Å². The van der Waals surface area contributed by atoms with Crippen LogP contribution in [0.4, 0.5) is 0 Å². The van der Waals surface area contributed by atoms with Gasteiger partial charge >= 0.3 is 17.1 Å². The Morgan fingerprint density at radius 1 is 0.308 bits per heavy atom. The number of hydrogen-bond donors (Lipinski definition) is 18. The second-order valence-corrected chi connectivity index (χ2v) is 30.3. The molecule has 0 spiro atoms. The minimum absolute atomic E-state index is 0.0505. The van der Waals surface area contributed by atoms with Gasteiger partial charge in [0.15, 0.2) is 23.6 Å². The first-order valence-corrected chi connectivity index (χ1v) is 45.5. The predicted molar refractivity (Wildman–Crippen MR) is 547 cm³/mol. The van der Waals surface area contributed by atoms with Crippen LogP contribution in [0.15, 0.2) is 215 Å². The largest absolute Gasteiger partial charge is 0.389 e. The molecule has 45 nitrogen and oxygen atoms in total. The summed E-state index contributed by atoms with van der Waals surface area (Å²) in [6.07, 6.45) is 14.0. The molecule has 1 heterocycles. The van der Waals surface area contributed by atoms with Crippen molar-refractivity contribution in [2.75, 3.05) is 158 Å². The van der Waals surface area contributed by atoms with Crippen molar-refractivity contribution in [3.05, 3.63) is 232 Å². The standard InChI is InChI=1S/C21H30N6O9.C15H24N4O3.C15H25NO4.C13H23N3O2.C12H20N2O3.C11H17NO4.C11H17NO2/c1-4-16(31)22-7-13(28)10-25-19(34)26(11-14(29)8-23-17(32)5-2)21(36)27(20(25)35)12-15(30)9-24-18(33)6-3;1-4-13(20)16-7-10-19(11-8-17-14(21)5-2)12-9-18-15(22)6-3;1-3-14(17)8-5-6-10-19-12-13-20-11-7-9-16-15(18)4-2;1-4-12(17)14-8-6-10-16(3)11-7-9-15-13(18)5-2;1-3-11(15)13-7-5-9-17-10-6-8-14-12(16)4-2;1-6(2)8(13)5-9(14)11(16)12-10(15)7(3)4;1-8(2)10(13)6-5-7-12-11(14)9(3)4/h4-6,13-15,28-30H,1-3,7-12H2,(H,22,31)(H,23,32)(H,24,33);4-6H,1-3,7-12H2,(H,16,20)(H,17,21)(H,18,22);3-4H,1-2,5-13H2,(H,16,18);4-5H,1-2,6-11H2,3H3,(H,14,17)(H,15,18);3-4H,1-2,5-10H2,(H,13,15)(H,14,16);9,11,14,16H,1,3,5H2,2,4H3,(H,12,15);1,3,5-7H2,2,4H3,(H,12,14). The van der Waals surface area contributed by atoms with Crippen molar-refractivity contribution in [3.63, 3.8) is 0 Å². The molecule has 1 aromatic heterocycles. The number of ether oxygens (including phenoxy) is 3. The lowest BCUT2D eigenvalue weighted by Crippen LogP contribution is -2.58. The number of unbranched alkanes of at least 4 members (excludes halogenated alkanes) is 1. The number of aliphatic hydroxyl groups excluding tert-OH is 5. The normalized spacial score (nSPS) is 11.0. The zero-order chi connectivity index (χ0) is 110. The van der Waals surface area contributed by atoms with Gasteiger partial charge in [0.2, 0.25) is 76.8 Å². The Hall–Kier alpha value is -14.0. The number of Topliss-reactive ketones (excluding diaryl/α,β-unsaturated/α-hetero) is 2. The SMILES string of the molecule is C=C(C)C(=O)CC(O)C(O)NC(=O)C(=C)C.C=C(C)C(=O)CCCNC(=O)C(=C)C.C=CC(=O)CCCCOCCOCCCNC(=O)C=C.C=CC(=O)NCC(O)Cn1c(=O)n(CC(O)CNC(=O)C=C)c(=O)n(CC(O)CNC(=O)C=C)c1=O.C=CC(=O)NCCCN(C)CCCNC(=O)C=C.C=CC(=O)NCCCOCCCNC(=O)C=C.C=CC(=O)NCCN(CCNC(=O)C=C)CCNC(=O)C=C. The highest BCUT2D eigenvalue weighted by Crippen LogP contribution is 2.05. The minimum Gasteiger partial charge on any atom is -0.389 e. The smallest absolute Gasteiger partial charge is 0.336 e. The Balaban J connectivity index is -0.000000393. The van der Waals surface area contributed by atoms with E-state index in [4.69, 9.17) is 14.2 Å². The van der Waals surface area contributed by atoms with Crippen molar-refractivity contribution < 1.29 is 116 Å². The molecular formula is C98H156N18O27. The lowest BCUT2D eigenvalue weighted by molar-refractivity contribution is -0.126. The van der Waals surface area contributed by atoms with E-state index >= 15 is 0 Å². The van der Waals surface area contributed by atoms with E-state index in [2.05, 4.69) is 179 Å². The summed E-state index contributed by atoms with van der Waals surface area (Å²) in [6, 6.07) is 0. The Labute approximate surface area is 837 Å². The Bertz CT molecular complexity index is 4110. The number of carbonyl (C=O) groups is 16. The summed E-state index contributed by atoms with van der Waals surface area (Å²) in [7, 11) is 2.02. The van der Waals surface area contributed by atoms with E-state index < -0.39 is 91.0 Å². The van der Waals surface area contributed by atoms with E-state index in [9.17, 15) is 117 Å². The molecule has 800 valence electrons. The maximum absolute atomic E-state index is 12.9. The number of allylic oxidation sites excluding steroid dienone is 3. The zero-order valence-corrected chi connectivity index (χ0v) is 83.7. The first kappa shape index (κ1) is 140. The van der Waals surface area contributed by atoms with Gasteiger partial charge in [-0.3, -0.25) is 81.6 Å². The maximum Gasteiger partial charge on any atom is 0.336 e. The molecule has 0 saturated carbocycles. The second kappa shape index (κ2) is 91.7. The lowest BCUT2D eigenvalue weighted by atomic mass is 10.1. The Morgan fingerprint density at radius 3 is 0.853 bits per heavy atom. The van der Waals surface area contributed by atoms with Crippen LogP contribution < -0.4 is 86.2 Å². The van der Waals surface area contributed by atoms with Gasteiger partial charge in [-0.25, -0.2) is 28.1 Å². The molecule has 0 saturated heterocycles. The van der Waals surface area contributed by atoms with Crippen LogP contribution in [0.3, 0.4) is 0 Å². The zero-order valence-electron chi connectivity index (χ0n) is 83.7. The summed E-state index contributed by atoms with van der Waals surface area (Å²) in [4.78, 5) is 220. The van der Waals surface area contributed by atoms with Crippen molar-refractivity contribution in [2.45, 2.75) is 149 Å². The number of hydrogen-bond acceptors (Lipinski definition) is 29. The molecule has 5 unspecified atom stereocenters.